The fourth-order valence-electron chi connectivity index (χ4n) is 2.76. The van der Waals surface area contributed by atoms with Crippen molar-refractivity contribution in [3.8, 4) is 5.75 Å². The Labute approximate surface area is 123 Å². The summed E-state index contributed by atoms with van der Waals surface area (Å²) < 4.78 is 44.9. The molecule has 0 aromatic heterocycles. The van der Waals surface area contributed by atoms with Gasteiger partial charge in [0.05, 0.1) is 5.56 Å². The highest BCUT2D eigenvalue weighted by molar-refractivity contribution is 5.35. The number of hydrogen-bond acceptors (Lipinski definition) is 2. The maximum atomic E-state index is 13.0. The van der Waals surface area contributed by atoms with Gasteiger partial charge in [-0.25, -0.2) is 0 Å². The molecule has 118 valence electrons. The van der Waals surface area contributed by atoms with Crippen LogP contribution in [0.4, 0.5) is 13.2 Å². The Morgan fingerprint density at radius 2 is 2.10 bits per heavy atom. The molecule has 0 radical (unpaired) electrons. The van der Waals surface area contributed by atoms with E-state index in [-0.39, 0.29) is 17.8 Å². The predicted molar refractivity (Wildman–Crippen MR) is 76.4 cm³/mol. The molecule has 21 heavy (non-hydrogen) atoms. The Balaban J connectivity index is 2.15. The first-order valence-corrected chi connectivity index (χ1v) is 7.56. The van der Waals surface area contributed by atoms with Crippen LogP contribution in [0, 0.1) is 5.92 Å². The van der Waals surface area contributed by atoms with Crippen LogP contribution in [0.25, 0.3) is 0 Å². The fraction of sp³-hybridized carbons (Fsp3) is 0.625. The molecule has 1 saturated heterocycles. The van der Waals surface area contributed by atoms with E-state index in [4.69, 9.17) is 4.74 Å². The number of para-hydroxylation sites is 1. The third kappa shape index (κ3) is 4.37. The van der Waals surface area contributed by atoms with E-state index < -0.39 is 11.7 Å². The average Bonchev–Trinajstić information content (AvgIpc) is 2.97. The van der Waals surface area contributed by atoms with Crippen molar-refractivity contribution in [2.45, 2.75) is 44.9 Å². The lowest BCUT2D eigenvalue weighted by Crippen LogP contribution is -2.29. The van der Waals surface area contributed by atoms with Crippen molar-refractivity contribution >= 4 is 0 Å². The molecule has 1 heterocycles. The van der Waals surface area contributed by atoms with E-state index in [1.54, 1.807) is 6.07 Å². The highest BCUT2D eigenvalue weighted by Gasteiger charge is 2.35. The molecule has 1 unspecified atom stereocenters. The zero-order valence-corrected chi connectivity index (χ0v) is 12.2. The molecule has 1 aromatic rings. The number of benzene rings is 1. The Morgan fingerprint density at radius 1 is 1.33 bits per heavy atom. The molecule has 2 atom stereocenters. The van der Waals surface area contributed by atoms with E-state index in [1.807, 2.05) is 0 Å². The zero-order valence-electron chi connectivity index (χ0n) is 12.2. The molecular weight excluding hydrogens is 279 g/mol. The minimum absolute atomic E-state index is 0.0435. The monoisotopic (exact) mass is 301 g/mol. The molecule has 2 nitrogen and oxygen atoms in total. The van der Waals surface area contributed by atoms with Crippen molar-refractivity contribution in [2.24, 2.45) is 5.92 Å². The number of nitrogens with one attached hydrogen (secondary N) is 1. The summed E-state index contributed by atoms with van der Waals surface area (Å²) in [7, 11) is 0. The van der Waals surface area contributed by atoms with Crippen molar-refractivity contribution in [3.63, 3.8) is 0 Å². The number of rotatable bonds is 6. The minimum atomic E-state index is -4.38. The first-order valence-electron chi connectivity index (χ1n) is 7.56. The van der Waals surface area contributed by atoms with Crippen LogP contribution < -0.4 is 10.1 Å². The molecule has 0 spiro atoms. The largest absolute Gasteiger partial charge is 0.489 e. The molecule has 2 rings (SSSR count). The van der Waals surface area contributed by atoms with E-state index in [2.05, 4.69) is 12.2 Å². The third-order valence-corrected chi connectivity index (χ3v) is 3.94. The van der Waals surface area contributed by atoms with Crippen LogP contribution in [0.1, 0.15) is 38.2 Å². The van der Waals surface area contributed by atoms with Gasteiger partial charge >= 0.3 is 6.18 Å². The van der Waals surface area contributed by atoms with Crippen molar-refractivity contribution in [3.05, 3.63) is 29.8 Å². The van der Waals surface area contributed by atoms with Crippen LogP contribution in [-0.2, 0) is 6.18 Å². The number of alkyl halides is 3. The van der Waals surface area contributed by atoms with Gasteiger partial charge in [0.1, 0.15) is 11.9 Å². The molecule has 1 aromatic carbocycles. The molecule has 1 aliphatic heterocycles. The highest BCUT2D eigenvalue weighted by Crippen LogP contribution is 2.37. The lowest BCUT2D eigenvalue weighted by atomic mass is 9.96. The van der Waals surface area contributed by atoms with Gasteiger partial charge in [0.2, 0.25) is 0 Å². The Hall–Kier alpha value is -1.23. The number of ether oxygens (including phenoxy) is 1. The molecule has 1 aliphatic rings. The summed E-state index contributed by atoms with van der Waals surface area (Å²) in [6.45, 7) is 3.81. The molecule has 0 aliphatic carbocycles. The second-order valence-electron chi connectivity index (χ2n) is 5.55. The standard InChI is InChI=1S/C16H22F3NO/c1-2-3-7-14(12-9-10-20-11-12)21-15-8-5-4-6-13(15)16(17,18)19/h4-6,8,12,14,20H,2-3,7,9-11H2,1H3/t12?,14-/m1/s1. The van der Waals surface area contributed by atoms with Gasteiger partial charge in [-0.15, -0.1) is 0 Å². The predicted octanol–water partition coefficient (Wildman–Crippen LogP) is 4.25. The van der Waals surface area contributed by atoms with Crippen molar-refractivity contribution < 1.29 is 17.9 Å². The molecule has 0 saturated carbocycles. The van der Waals surface area contributed by atoms with Crippen molar-refractivity contribution in [1.82, 2.24) is 5.32 Å². The van der Waals surface area contributed by atoms with Crippen LogP contribution >= 0.6 is 0 Å². The summed E-state index contributed by atoms with van der Waals surface area (Å²) in [6.07, 6.45) is -0.781. The van der Waals surface area contributed by atoms with Gasteiger partial charge in [0.15, 0.2) is 0 Å². The van der Waals surface area contributed by atoms with Gasteiger partial charge < -0.3 is 10.1 Å². The molecule has 0 bridgehead atoms. The zero-order chi connectivity index (χ0) is 15.3. The quantitative estimate of drug-likeness (QED) is 0.848. The van der Waals surface area contributed by atoms with Crippen LogP contribution in [-0.4, -0.2) is 19.2 Å². The van der Waals surface area contributed by atoms with Crippen LogP contribution in [0.5, 0.6) is 5.75 Å². The SMILES string of the molecule is CCCC[C@@H](Oc1ccccc1C(F)(F)F)C1CCNC1. The maximum Gasteiger partial charge on any atom is 0.419 e. The number of hydrogen-bond donors (Lipinski definition) is 1. The molecule has 1 fully saturated rings. The maximum absolute atomic E-state index is 13.0. The molecule has 1 N–H and O–H groups in total. The fourth-order valence-corrected chi connectivity index (χ4v) is 2.76. The van der Waals surface area contributed by atoms with E-state index in [1.165, 1.54) is 12.1 Å². The second-order valence-corrected chi connectivity index (χ2v) is 5.55. The Kier molecular flexibility index (Phi) is 5.51. The van der Waals surface area contributed by atoms with Gasteiger partial charge in [0, 0.05) is 12.5 Å². The lowest BCUT2D eigenvalue weighted by Gasteiger charge is -2.26. The first kappa shape index (κ1) is 16.1. The van der Waals surface area contributed by atoms with Gasteiger partial charge in [-0.05, 0) is 31.5 Å². The first-order chi connectivity index (χ1) is 10.0. The summed E-state index contributed by atoms with van der Waals surface area (Å²) in [5.41, 5.74) is -0.683. The van der Waals surface area contributed by atoms with E-state index >= 15 is 0 Å². The Morgan fingerprint density at radius 3 is 2.71 bits per heavy atom. The van der Waals surface area contributed by atoms with Gasteiger partial charge in [-0.3, -0.25) is 0 Å². The normalized spacial score (nSPS) is 20.5. The minimum Gasteiger partial charge on any atom is -0.489 e. The number of halogens is 3. The third-order valence-electron chi connectivity index (χ3n) is 3.94. The summed E-state index contributed by atoms with van der Waals surface area (Å²) in [5.74, 6) is 0.246. The van der Waals surface area contributed by atoms with Crippen LogP contribution in [0.2, 0.25) is 0 Å². The Bertz CT molecular complexity index is 441. The second kappa shape index (κ2) is 7.16. The van der Waals surface area contributed by atoms with Crippen molar-refractivity contribution in [1.29, 1.82) is 0 Å². The van der Waals surface area contributed by atoms with Crippen molar-refractivity contribution in [2.75, 3.05) is 13.1 Å². The molecule has 0 amide bonds. The summed E-state index contributed by atoms with van der Waals surface area (Å²) in [5, 5.41) is 3.26. The summed E-state index contributed by atoms with van der Waals surface area (Å²) in [4.78, 5) is 0. The summed E-state index contributed by atoms with van der Waals surface area (Å²) >= 11 is 0. The van der Waals surface area contributed by atoms with Crippen LogP contribution in [0.3, 0.4) is 0 Å². The van der Waals surface area contributed by atoms with E-state index in [0.717, 1.165) is 44.8 Å². The summed E-state index contributed by atoms with van der Waals surface area (Å²) in [6, 6.07) is 5.49. The smallest absolute Gasteiger partial charge is 0.419 e. The number of unbranched alkanes of at least 4 members (excludes halogenated alkanes) is 1. The van der Waals surface area contributed by atoms with Gasteiger partial charge in [0.25, 0.3) is 0 Å². The van der Waals surface area contributed by atoms with E-state index in [9.17, 15) is 13.2 Å². The van der Waals surface area contributed by atoms with Gasteiger partial charge in [-0.2, -0.15) is 13.2 Å². The lowest BCUT2D eigenvalue weighted by molar-refractivity contribution is -0.139. The average molecular weight is 301 g/mol. The highest BCUT2D eigenvalue weighted by atomic mass is 19.4. The van der Waals surface area contributed by atoms with E-state index in [0.29, 0.717) is 0 Å². The molecular formula is C16H22F3NO. The van der Waals surface area contributed by atoms with Gasteiger partial charge in [-0.1, -0.05) is 31.9 Å². The molecule has 5 heteroatoms. The van der Waals surface area contributed by atoms with Crippen LogP contribution in [0.15, 0.2) is 24.3 Å². The topological polar surface area (TPSA) is 21.3 Å².